The Labute approximate surface area is 164 Å². The molecule has 9 nitrogen and oxygen atoms in total. The van der Waals surface area contributed by atoms with Crippen LogP contribution >= 0.6 is 11.6 Å². The number of rotatable bonds is 7. The number of guanidine groups is 1. The lowest BCUT2D eigenvalue weighted by Gasteiger charge is -2.18. The molecule has 0 spiro atoms. The van der Waals surface area contributed by atoms with Crippen LogP contribution in [0, 0.1) is 5.92 Å². The molecule has 0 bridgehead atoms. The van der Waals surface area contributed by atoms with E-state index in [9.17, 15) is 18.4 Å². The lowest BCUT2D eigenvalue weighted by Crippen LogP contribution is -2.47. The van der Waals surface area contributed by atoms with E-state index >= 15 is 0 Å². The predicted octanol–water partition coefficient (Wildman–Crippen LogP) is 2.03. The summed E-state index contributed by atoms with van der Waals surface area (Å²) in [6, 6.07) is 2.39. The Morgan fingerprint density at radius 1 is 1.39 bits per heavy atom. The second-order valence-corrected chi connectivity index (χ2v) is 6.61. The van der Waals surface area contributed by atoms with Gasteiger partial charge in [0.1, 0.15) is 5.69 Å². The Balaban J connectivity index is 1.83. The fourth-order valence-corrected chi connectivity index (χ4v) is 2.85. The third-order valence-corrected chi connectivity index (χ3v) is 4.54. The molecule has 1 fully saturated rings. The molecule has 28 heavy (non-hydrogen) atoms. The van der Waals surface area contributed by atoms with Crippen LogP contribution < -0.4 is 26.4 Å². The van der Waals surface area contributed by atoms with Crippen molar-refractivity contribution in [2.45, 2.75) is 32.8 Å². The van der Waals surface area contributed by atoms with Gasteiger partial charge in [-0.25, -0.2) is 5.53 Å². The summed E-state index contributed by atoms with van der Waals surface area (Å²) in [5, 5.41) is 10.2. The largest absolute Gasteiger partial charge is 0.433 e. The molecule has 1 saturated carbocycles. The van der Waals surface area contributed by atoms with Crippen LogP contribution in [-0.4, -0.2) is 35.9 Å². The number of nitrogens with zero attached hydrogens (tertiary/aromatic N) is 2. The number of carbonyl (C=O) groups excluding carboxylic acids is 2. The molecule has 2 aliphatic rings. The van der Waals surface area contributed by atoms with Crippen LogP contribution in [-0.2, 0) is 4.79 Å². The van der Waals surface area contributed by atoms with Crippen LogP contribution in [0.1, 0.15) is 36.5 Å². The highest BCUT2D eigenvalue weighted by atomic mass is 35.5. The molecule has 2 amide bonds. The first-order chi connectivity index (χ1) is 13.4. The van der Waals surface area contributed by atoms with Crippen molar-refractivity contribution >= 4 is 35.1 Å². The van der Waals surface area contributed by atoms with Crippen molar-refractivity contribution in [3.05, 3.63) is 22.7 Å². The summed E-state index contributed by atoms with van der Waals surface area (Å²) in [4.78, 5) is 24.7. The Morgan fingerprint density at radius 3 is 2.79 bits per heavy atom. The lowest BCUT2D eigenvalue weighted by molar-refractivity contribution is -0.116. The highest BCUT2D eigenvalue weighted by Gasteiger charge is 2.27. The van der Waals surface area contributed by atoms with Gasteiger partial charge in [-0.05, 0) is 37.8 Å². The van der Waals surface area contributed by atoms with E-state index in [-0.39, 0.29) is 46.2 Å². The fourth-order valence-electron chi connectivity index (χ4n) is 2.56. The summed E-state index contributed by atoms with van der Waals surface area (Å²) in [6.45, 7) is -0.778. The van der Waals surface area contributed by atoms with E-state index in [0.717, 1.165) is 18.9 Å². The van der Waals surface area contributed by atoms with Crippen molar-refractivity contribution < 1.29 is 23.1 Å². The van der Waals surface area contributed by atoms with Gasteiger partial charge in [-0.3, -0.25) is 19.9 Å². The molecule has 0 radical (unpaired) electrons. The van der Waals surface area contributed by atoms with E-state index in [1.807, 2.05) is 6.92 Å². The minimum atomic E-state index is -3.11. The molecule has 1 aromatic carbocycles. The minimum absolute atomic E-state index is 0.0318. The standard InChI is InChI=1S/C16H19ClF2N6O3/c1-2-25-16(22-23-24-25)21-14(27)9-5-6-10(28-15(18)19)13(12(9)17)20-11(26)7-8-3-4-8/h5-6,8,15,23-24H,2-4,7H2,1H3,(H,20,26)(H,21,22,27). The van der Waals surface area contributed by atoms with Crippen LogP contribution in [0.5, 0.6) is 5.75 Å². The predicted molar refractivity (Wildman–Crippen MR) is 97.6 cm³/mol. The van der Waals surface area contributed by atoms with E-state index in [4.69, 9.17) is 11.6 Å². The van der Waals surface area contributed by atoms with Crippen LogP contribution in [0.2, 0.25) is 5.02 Å². The zero-order valence-electron chi connectivity index (χ0n) is 14.9. The third-order valence-electron chi connectivity index (χ3n) is 4.14. The second kappa shape index (κ2) is 8.57. The summed E-state index contributed by atoms with van der Waals surface area (Å²) in [7, 11) is 0. The Hall–Kier alpha value is -2.66. The number of hydrogen-bond acceptors (Lipinski definition) is 7. The first kappa shape index (κ1) is 20.1. The molecular formula is C16H19ClF2N6O3. The van der Waals surface area contributed by atoms with Gasteiger partial charge in [0.25, 0.3) is 5.91 Å². The van der Waals surface area contributed by atoms with Crippen molar-refractivity contribution in [3.63, 3.8) is 0 Å². The smallest absolute Gasteiger partial charge is 0.387 e. The van der Waals surface area contributed by atoms with Gasteiger partial charge in [-0.15, -0.1) is 10.6 Å². The van der Waals surface area contributed by atoms with E-state index in [0.29, 0.717) is 6.54 Å². The maximum absolute atomic E-state index is 12.7. The van der Waals surface area contributed by atoms with E-state index in [1.54, 1.807) is 0 Å². The molecule has 0 atom stereocenters. The van der Waals surface area contributed by atoms with Crippen molar-refractivity contribution in [1.82, 2.24) is 21.4 Å². The number of nitrogens with one attached hydrogen (secondary N) is 4. The molecule has 1 aromatic rings. The maximum Gasteiger partial charge on any atom is 0.387 e. The maximum atomic E-state index is 12.7. The Bertz CT molecular complexity index is 803. The summed E-state index contributed by atoms with van der Waals surface area (Å²) in [6.07, 6.45) is 2.14. The molecule has 0 saturated heterocycles. The first-order valence-corrected chi connectivity index (χ1v) is 9.01. The zero-order chi connectivity index (χ0) is 20.3. The molecule has 3 rings (SSSR count). The van der Waals surface area contributed by atoms with Crippen LogP contribution in [0.4, 0.5) is 14.5 Å². The number of alkyl halides is 2. The zero-order valence-corrected chi connectivity index (χ0v) is 15.6. The first-order valence-electron chi connectivity index (χ1n) is 8.63. The number of hydrogen-bond donors (Lipinski definition) is 4. The quantitative estimate of drug-likeness (QED) is 0.542. The molecule has 152 valence electrons. The summed E-state index contributed by atoms with van der Waals surface area (Å²) in [5.41, 5.74) is 4.98. The number of anilines is 1. The number of halogens is 3. The lowest BCUT2D eigenvalue weighted by atomic mass is 10.1. The average Bonchev–Trinajstić information content (AvgIpc) is 3.33. The molecule has 1 aliphatic carbocycles. The van der Waals surface area contributed by atoms with Gasteiger partial charge in [-0.2, -0.15) is 8.78 Å². The van der Waals surface area contributed by atoms with Gasteiger partial charge in [0, 0.05) is 13.0 Å². The van der Waals surface area contributed by atoms with E-state index < -0.39 is 12.5 Å². The molecule has 12 heteroatoms. The van der Waals surface area contributed by atoms with Crippen molar-refractivity contribution in [2.75, 3.05) is 11.9 Å². The molecule has 1 heterocycles. The van der Waals surface area contributed by atoms with Gasteiger partial charge in [0.15, 0.2) is 5.75 Å². The number of hydrazine groups is 2. The van der Waals surface area contributed by atoms with Gasteiger partial charge in [0.05, 0.1) is 10.6 Å². The van der Waals surface area contributed by atoms with Gasteiger partial charge >= 0.3 is 6.61 Å². The van der Waals surface area contributed by atoms with Crippen LogP contribution in [0.3, 0.4) is 0 Å². The second-order valence-electron chi connectivity index (χ2n) is 6.23. The monoisotopic (exact) mass is 416 g/mol. The summed E-state index contributed by atoms with van der Waals surface area (Å²) in [5.74, 6) is -0.848. The van der Waals surface area contributed by atoms with Gasteiger partial charge < -0.3 is 10.1 Å². The highest BCUT2D eigenvalue weighted by Crippen LogP contribution is 2.38. The van der Waals surface area contributed by atoms with E-state index in [2.05, 4.69) is 31.5 Å². The molecule has 0 aromatic heterocycles. The number of ether oxygens (including phenoxy) is 1. The summed E-state index contributed by atoms with van der Waals surface area (Å²) < 4.78 is 29.9. The topological polar surface area (TPSA) is 107 Å². The minimum Gasteiger partial charge on any atom is -0.433 e. The van der Waals surface area contributed by atoms with Crippen molar-refractivity contribution in [1.29, 1.82) is 0 Å². The SMILES string of the molecule is CCN1NNN=C1NC(=O)c1ccc(OC(F)F)c(NC(=O)CC2CC2)c1Cl. The molecule has 4 N–H and O–H groups in total. The van der Waals surface area contributed by atoms with Gasteiger partial charge in [0.2, 0.25) is 11.9 Å². The average molecular weight is 417 g/mol. The van der Waals surface area contributed by atoms with Crippen molar-refractivity contribution in [3.8, 4) is 5.75 Å². The van der Waals surface area contributed by atoms with Gasteiger partial charge in [-0.1, -0.05) is 11.6 Å². The summed E-state index contributed by atoms with van der Waals surface area (Å²) >= 11 is 6.26. The fraction of sp³-hybridized carbons (Fsp3) is 0.438. The van der Waals surface area contributed by atoms with Crippen LogP contribution in [0.15, 0.2) is 17.2 Å². The van der Waals surface area contributed by atoms with Crippen molar-refractivity contribution in [2.24, 2.45) is 11.0 Å². The molecular weight excluding hydrogens is 398 g/mol. The number of benzene rings is 1. The number of carbonyl (C=O) groups is 2. The Morgan fingerprint density at radius 2 is 2.14 bits per heavy atom. The number of amides is 2. The third kappa shape index (κ3) is 4.78. The number of hydrazone groups is 1. The van der Waals surface area contributed by atoms with E-state index in [1.165, 1.54) is 11.1 Å². The van der Waals surface area contributed by atoms with Crippen LogP contribution in [0.25, 0.3) is 0 Å². The molecule has 0 unspecified atom stereocenters. The molecule has 1 aliphatic heterocycles. The normalized spacial score (nSPS) is 15.9. The Kier molecular flexibility index (Phi) is 6.15. The highest BCUT2D eigenvalue weighted by molar-refractivity contribution is 6.37.